The average Bonchev–Trinajstić information content (AvgIpc) is 2.58. The molecule has 0 saturated carbocycles. The first kappa shape index (κ1) is 19.3. The zero-order valence-corrected chi connectivity index (χ0v) is 14.8. The van der Waals surface area contributed by atoms with Crippen molar-refractivity contribution >= 4 is 0 Å². The minimum absolute atomic E-state index is 0.245. The molecule has 136 valence electrons. The van der Waals surface area contributed by atoms with Crippen molar-refractivity contribution in [1.82, 2.24) is 4.90 Å². The number of halogens is 3. The summed E-state index contributed by atoms with van der Waals surface area (Å²) in [5.74, 6) is 0.712. The fraction of sp³-hybridized carbons (Fsp3) is 0.400. The zero-order chi connectivity index (χ0) is 18.4. The third kappa shape index (κ3) is 6.09. The van der Waals surface area contributed by atoms with Gasteiger partial charge in [0.2, 0.25) is 0 Å². The molecule has 0 bridgehead atoms. The fourth-order valence-electron chi connectivity index (χ4n) is 2.34. The summed E-state index contributed by atoms with van der Waals surface area (Å²) >= 11 is 0. The Morgan fingerprint density at radius 3 is 2.00 bits per heavy atom. The van der Waals surface area contributed by atoms with Crippen molar-refractivity contribution in [2.24, 2.45) is 0 Å². The first-order chi connectivity index (χ1) is 11.8. The predicted molar refractivity (Wildman–Crippen MR) is 93.7 cm³/mol. The van der Waals surface area contributed by atoms with E-state index >= 15 is 0 Å². The minimum atomic E-state index is -4.31. The molecule has 25 heavy (non-hydrogen) atoms. The lowest BCUT2D eigenvalue weighted by molar-refractivity contribution is -0.137. The monoisotopic (exact) mass is 351 g/mol. The van der Waals surface area contributed by atoms with Crippen molar-refractivity contribution in [3.63, 3.8) is 0 Å². The molecule has 0 aliphatic heterocycles. The molecule has 0 amide bonds. The van der Waals surface area contributed by atoms with E-state index < -0.39 is 11.7 Å². The Morgan fingerprint density at radius 2 is 1.48 bits per heavy atom. The van der Waals surface area contributed by atoms with Crippen LogP contribution in [0.1, 0.15) is 30.0 Å². The second-order valence-electron chi connectivity index (χ2n) is 6.48. The maximum atomic E-state index is 12.5. The molecule has 0 spiro atoms. The standard InChI is InChI=1S/C20H24F3NO/c1-15(24(2)3)4-5-16-8-12-19(13-9-16)25-14-17-6-10-18(11-7-17)20(21,22)23/h6-13,15H,4-5,14H2,1-3H3. The third-order valence-corrected chi connectivity index (χ3v) is 4.34. The van der Waals surface area contributed by atoms with Crippen molar-refractivity contribution in [1.29, 1.82) is 0 Å². The van der Waals surface area contributed by atoms with Gasteiger partial charge < -0.3 is 9.64 Å². The van der Waals surface area contributed by atoms with Crippen LogP contribution in [-0.4, -0.2) is 25.0 Å². The van der Waals surface area contributed by atoms with Crippen LogP contribution in [0.4, 0.5) is 13.2 Å². The van der Waals surface area contributed by atoms with Gasteiger partial charge in [-0.1, -0.05) is 24.3 Å². The Kier molecular flexibility index (Phi) is 6.48. The van der Waals surface area contributed by atoms with Gasteiger partial charge in [0.05, 0.1) is 5.56 Å². The van der Waals surface area contributed by atoms with E-state index in [2.05, 4.69) is 25.9 Å². The molecule has 0 aliphatic rings. The first-order valence-electron chi connectivity index (χ1n) is 8.30. The quantitative estimate of drug-likeness (QED) is 0.682. The summed E-state index contributed by atoms with van der Waals surface area (Å²) in [4.78, 5) is 2.20. The van der Waals surface area contributed by atoms with Crippen LogP contribution in [0.15, 0.2) is 48.5 Å². The molecule has 2 aromatic carbocycles. The molecule has 1 unspecified atom stereocenters. The highest BCUT2D eigenvalue weighted by Crippen LogP contribution is 2.29. The molecule has 0 radical (unpaired) electrons. The maximum Gasteiger partial charge on any atom is 0.416 e. The summed E-state index contributed by atoms with van der Waals surface area (Å²) in [5.41, 5.74) is 1.31. The topological polar surface area (TPSA) is 12.5 Å². The lowest BCUT2D eigenvalue weighted by Gasteiger charge is -2.19. The molecule has 2 nitrogen and oxygen atoms in total. The number of aryl methyl sites for hydroxylation is 1. The molecule has 0 fully saturated rings. The van der Waals surface area contributed by atoms with Crippen molar-refractivity contribution in [2.75, 3.05) is 14.1 Å². The summed E-state index contributed by atoms with van der Waals surface area (Å²) in [6.07, 6.45) is -2.23. The Bertz CT molecular complexity index is 648. The van der Waals surface area contributed by atoms with E-state index in [9.17, 15) is 13.2 Å². The van der Waals surface area contributed by atoms with E-state index in [1.165, 1.54) is 17.7 Å². The number of ether oxygens (including phenoxy) is 1. The second kappa shape index (κ2) is 8.39. The van der Waals surface area contributed by atoms with Crippen molar-refractivity contribution in [2.45, 2.75) is 38.6 Å². The van der Waals surface area contributed by atoms with E-state index in [4.69, 9.17) is 4.74 Å². The molecule has 5 heteroatoms. The Morgan fingerprint density at radius 1 is 0.920 bits per heavy atom. The number of rotatable bonds is 7. The van der Waals surface area contributed by atoms with Crippen LogP contribution in [0.5, 0.6) is 5.75 Å². The number of hydrogen-bond acceptors (Lipinski definition) is 2. The van der Waals surface area contributed by atoms with Crippen molar-refractivity contribution < 1.29 is 17.9 Å². The molecular weight excluding hydrogens is 327 g/mol. The van der Waals surface area contributed by atoms with Gasteiger partial charge in [0.25, 0.3) is 0 Å². The highest BCUT2D eigenvalue weighted by atomic mass is 19.4. The Balaban J connectivity index is 1.85. The largest absolute Gasteiger partial charge is 0.489 e. The van der Waals surface area contributed by atoms with Gasteiger partial charge in [0.15, 0.2) is 0 Å². The third-order valence-electron chi connectivity index (χ3n) is 4.34. The summed E-state index contributed by atoms with van der Waals surface area (Å²) in [5, 5.41) is 0. The van der Waals surface area contributed by atoms with E-state index in [0.29, 0.717) is 17.4 Å². The summed E-state index contributed by atoms with van der Waals surface area (Å²) in [6, 6.07) is 13.4. The van der Waals surface area contributed by atoms with Crippen LogP contribution < -0.4 is 4.74 Å². The van der Waals surface area contributed by atoms with Crippen LogP contribution in [0, 0.1) is 0 Å². The van der Waals surface area contributed by atoms with Crippen LogP contribution in [-0.2, 0) is 19.2 Å². The lowest BCUT2D eigenvalue weighted by Crippen LogP contribution is -2.24. The van der Waals surface area contributed by atoms with Gasteiger partial charge in [-0.25, -0.2) is 0 Å². The van der Waals surface area contributed by atoms with E-state index in [1.54, 1.807) is 0 Å². The van der Waals surface area contributed by atoms with Crippen molar-refractivity contribution in [3.8, 4) is 5.75 Å². The molecule has 0 aromatic heterocycles. The first-order valence-corrected chi connectivity index (χ1v) is 8.30. The second-order valence-corrected chi connectivity index (χ2v) is 6.48. The summed E-state index contributed by atoms with van der Waals surface area (Å²) < 4.78 is 43.2. The normalized spacial score (nSPS) is 13.1. The molecule has 0 heterocycles. The molecule has 0 saturated heterocycles. The summed E-state index contributed by atoms with van der Waals surface area (Å²) in [6.45, 7) is 2.44. The van der Waals surface area contributed by atoms with Gasteiger partial charge in [-0.05, 0) is 69.3 Å². The molecular formula is C20H24F3NO. The van der Waals surface area contributed by atoms with Crippen LogP contribution >= 0.6 is 0 Å². The predicted octanol–water partition coefficient (Wildman–Crippen LogP) is 5.17. The van der Waals surface area contributed by atoms with E-state index in [0.717, 1.165) is 25.0 Å². The van der Waals surface area contributed by atoms with Gasteiger partial charge in [-0.3, -0.25) is 0 Å². The van der Waals surface area contributed by atoms with Crippen molar-refractivity contribution in [3.05, 3.63) is 65.2 Å². The van der Waals surface area contributed by atoms with Gasteiger partial charge in [0, 0.05) is 6.04 Å². The molecule has 2 aromatic rings. The van der Waals surface area contributed by atoms with Crippen LogP contribution in [0.2, 0.25) is 0 Å². The van der Waals surface area contributed by atoms with E-state index in [1.807, 2.05) is 24.3 Å². The summed E-state index contributed by atoms with van der Waals surface area (Å²) in [7, 11) is 4.14. The lowest BCUT2D eigenvalue weighted by atomic mass is 10.1. The zero-order valence-electron chi connectivity index (χ0n) is 14.8. The minimum Gasteiger partial charge on any atom is -0.489 e. The number of nitrogens with zero attached hydrogens (tertiary/aromatic N) is 1. The van der Waals surface area contributed by atoms with Crippen LogP contribution in [0.25, 0.3) is 0 Å². The van der Waals surface area contributed by atoms with Gasteiger partial charge in [-0.2, -0.15) is 13.2 Å². The molecule has 1 atom stereocenters. The van der Waals surface area contributed by atoms with Gasteiger partial charge >= 0.3 is 6.18 Å². The highest BCUT2D eigenvalue weighted by molar-refractivity contribution is 5.29. The number of alkyl halides is 3. The number of hydrogen-bond donors (Lipinski definition) is 0. The smallest absolute Gasteiger partial charge is 0.416 e. The Labute approximate surface area is 147 Å². The van der Waals surface area contributed by atoms with E-state index in [-0.39, 0.29) is 6.61 Å². The molecule has 0 N–H and O–H groups in total. The van der Waals surface area contributed by atoms with Crippen LogP contribution in [0.3, 0.4) is 0 Å². The SMILES string of the molecule is CC(CCc1ccc(OCc2ccc(C(F)(F)F)cc2)cc1)N(C)C. The molecule has 0 aliphatic carbocycles. The number of benzene rings is 2. The molecule has 2 rings (SSSR count). The maximum absolute atomic E-state index is 12.5. The van der Waals surface area contributed by atoms with Gasteiger partial charge in [0.1, 0.15) is 12.4 Å². The highest BCUT2D eigenvalue weighted by Gasteiger charge is 2.29. The van der Waals surface area contributed by atoms with Gasteiger partial charge in [-0.15, -0.1) is 0 Å². The fourth-order valence-corrected chi connectivity index (χ4v) is 2.34. The Hall–Kier alpha value is -2.01. The average molecular weight is 351 g/mol.